The number of rotatable bonds is 11. The van der Waals surface area contributed by atoms with Crippen LogP contribution < -0.4 is 0 Å². The molecule has 0 saturated carbocycles. The van der Waals surface area contributed by atoms with Crippen LogP contribution in [0.25, 0.3) is 0 Å². The summed E-state index contributed by atoms with van der Waals surface area (Å²) in [4.78, 5) is 0. The lowest BCUT2D eigenvalue weighted by molar-refractivity contribution is 0.556. The van der Waals surface area contributed by atoms with Crippen molar-refractivity contribution in [1.29, 1.82) is 0 Å². The third-order valence-electron chi connectivity index (χ3n) is 3.33. The van der Waals surface area contributed by atoms with E-state index in [2.05, 4.69) is 6.92 Å². The molecule has 0 heteroatoms. The molecule has 0 spiro atoms. The maximum atomic E-state index is 7.89. The van der Waals surface area contributed by atoms with Gasteiger partial charge in [-0.1, -0.05) is 94.9 Å². The van der Waals surface area contributed by atoms with Gasteiger partial charge in [0.1, 0.15) is 0 Å². The molecule has 18 heavy (non-hydrogen) atoms. The highest BCUT2D eigenvalue weighted by Gasteiger charge is 1.94. The molecule has 0 nitrogen and oxygen atoms in total. The average molecular weight is 251 g/mol. The third kappa shape index (κ3) is 8.33. The van der Waals surface area contributed by atoms with Crippen molar-refractivity contribution in [2.24, 2.45) is 0 Å². The average Bonchev–Trinajstić information content (AvgIpc) is 2.55. The van der Waals surface area contributed by atoms with E-state index >= 15 is 0 Å². The maximum Gasteiger partial charge on any atom is 0.0626 e. The molecule has 1 aromatic rings. The molecule has 0 bridgehead atoms. The lowest BCUT2D eigenvalue weighted by Crippen LogP contribution is -1.86. The summed E-state index contributed by atoms with van der Waals surface area (Å²) in [6.07, 6.45) is 12.9. The minimum absolute atomic E-state index is 0.0353. The standard InChI is InChI=1S/C18H30/c1-2-3-4-5-6-7-8-9-10-12-15-18-16-13-11-14-17-18/h11,13-14,16-17H,2-10,12,15H2,1H3/i11D,13D,14D,16D,17D. The molecule has 0 saturated heterocycles. The molecule has 0 amide bonds. The smallest absolute Gasteiger partial charge is 0.0626 e. The quantitative estimate of drug-likeness (QED) is 0.414. The zero-order valence-electron chi connectivity index (χ0n) is 16.8. The first-order chi connectivity index (χ1) is 11.0. The second-order valence-corrected chi connectivity index (χ2v) is 5.04. The SMILES string of the molecule is [2H]c1c([2H])c([2H])c(CCCCCCCCCCCC)c([2H])c1[2H]. The molecule has 0 aromatic heterocycles. The molecular weight excluding hydrogens is 216 g/mol. The van der Waals surface area contributed by atoms with Crippen LogP contribution in [0.15, 0.2) is 30.2 Å². The molecule has 0 heterocycles. The van der Waals surface area contributed by atoms with Crippen LogP contribution in [0.2, 0.25) is 0 Å². The van der Waals surface area contributed by atoms with Crippen LogP contribution in [0.4, 0.5) is 0 Å². The first kappa shape index (κ1) is 9.18. The summed E-state index contributed by atoms with van der Waals surface area (Å²) < 4.78 is 38.7. The van der Waals surface area contributed by atoms with Crippen molar-refractivity contribution < 1.29 is 6.85 Å². The Morgan fingerprint density at radius 2 is 1.22 bits per heavy atom. The molecule has 0 radical (unpaired) electrons. The summed E-state index contributed by atoms with van der Waals surface area (Å²) in [6, 6.07) is -0.799. The second-order valence-electron chi connectivity index (χ2n) is 5.04. The fourth-order valence-corrected chi connectivity index (χ4v) is 2.19. The monoisotopic (exact) mass is 251 g/mol. The molecule has 0 aliphatic heterocycles. The molecule has 0 atom stereocenters. The second kappa shape index (κ2) is 11.3. The Morgan fingerprint density at radius 3 is 1.78 bits per heavy atom. The Balaban J connectivity index is 2.27. The summed E-state index contributed by atoms with van der Waals surface area (Å²) in [6.45, 7) is 2.23. The van der Waals surface area contributed by atoms with E-state index in [4.69, 9.17) is 6.85 Å². The van der Waals surface area contributed by atoms with Crippen LogP contribution in [-0.2, 0) is 6.42 Å². The zero-order chi connectivity index (χ0) is 17.2. The third-order valence-corrected chi connectivity index (χ3v) is 3.33. The first-order valence-electron chi connectivity index (χ1n) is 10.1. The van der Waals surface area contributed by atoms with E-state index < -0.39 is 0 Å². The van der Waals surface area contributed by atoms with Crippen molar-refractivity contribution in [2.75, 3.05) is 0 Å². The largest absolute Gasteiger partial charge is 0.0654 e. The van der Waals surface area contributed by atoms with Gasteiger partial charge in [-0.25, -0.2) is 0 Å². The van der Waals surface area contributed by atoms with E-state index in [-0.39, 0.29) is 30.2 Å². The highest BCUT2D eigenvalue weighted by molar-refractivity contribution is 5.14. The number of unbranched alkanes of at least 4 members (excludes halogenated alkanes) is 9. The molecule has 0 aliphatic rings. The van der Waals surface area contributed by atoms with Crippen LogP contribution in [0, 0.1) is 0 Å². The van der Waals surface area contributed by atoms with Gasteiger partial charge in [-0.15, -0.1) is 0 Å². The zero-order valence-corrected chi connectivity index (χ0v) is 11.8. The maximum absolute atomic E-state index is 7.89. The van der Waals surface area contributed by atoms with Gasteiger partial charge in [0.25, 0.3) is 0 Å². The minimum atomic E-state index is -0.299. The van der Waals surface area contributed by atoms with E-state index in [1.807, 2.05) is 0 Å². The normalized spacial score (nSPS) is 14.6. The van der Waals surface area contributed by atoms with Gasteiger partial charge in [0.2, 0.25) is 0 Å². The Bertz CT molecular complexity index is 456. The minimum Gasteiger partial charge on any atom is -0.0654 e. The Kier molecular flexibility index (Phi) is 5.77. The van der Waals surface area contributed by atoms with Gasteiger partial charge < -0.3 is 0 Å². The summed E-state index contributed by atoms with van der Waals surface area (Å²) >= 11 is 0. The molecular formula is C18H30. The fraction of sp³-hybridized carbons (Fsp3) is 0.667. The van der Waals surface area contributed by atoms with Crippen molar-refractivity contribution in [3.8, 4) is 0 Å². The highest BCUT2D eigenvalue weighted by atomic mass is 14.0. The lowest BCUT2D eigenvalue weighted by Gasteiger charge is -2.03. The van der Waals surface area contributed by atoms with Gasteiger partial charge in [-0.3, -0.25) is 0 Å². The predicted octanol–water partition coefficient (Wildman–Crippen LogP) is 6.15. The number of hydrogen-bond donors (Lipinski definition) is 0. The Hall–Kier alpha value is -0.780. The summed E-state index contributed by atoms with van der Waals surface area (Å²) in [7, 11) is 0. The molecule has 0 aliphatic carbocycles. The van der Waals surface area contributed by atoms with Crippen molar-refractivity contribution in [2.45, 2.75) is 77.6 Å². The van der Waals surface area contributed by atoms with Gasteiger partial charge in [-0.2, -0.15) is 0 Å². The van der Waals surface area contributed by atoms with Crippen molar-refractivity contribution in [3.05, 3.63) is 35.8 Å². The molecule has 1 rings (SSSR count). The number of hydrogen-bond acceptors (Lipinski definition) is 0. The lowest BCUT2D eigenvalue weighted by atomic mass is 10.0. The highest BCUT2D eigenvalue weighted by Crippen LogP contribution is 2.12. The predicted molar refractivity (Wildman–Crippen MR) is 82.0 cm³/mol. The van der Waals surface area contributed by atoms with Gasteiger partial charge in [0.05, 0.1) is 6.85 Å². The molecule has 102 valence electrons. The van der Waals surface area contributed by atoms with E-state index in [9.17, 15) is 0 Å². The Morgan fingerprint density at radius 1 is 0.722 bits per heavy atom. The van der Waals surface area contributed by atoms with E-state index in [0.29, 0.717) is 12.0 Å². The van der Waals surface area contributed by atoms with Gasteiger partial charge in [-0.05, 0) is 18.4 Å². The van der Waals surface area contributed by atoms with Gasteiger partial charge in [0, 0.05) is 0 Å². The van der Waals surface area contributed by atoms with Crippen LogP contribution in [0.3, 0.4) is 0 Å². The summed E-state index contributed by atoms with van der Waals surface area (Å²) in [5, 5.41) is 0. The molecule has 1 aromatic carbocycles. The van der Waals surface area contributed by atoms with E-state index in [1.165, 1.54) is 51.4 Å². The van der Waals surface area contributed by atoms with Crippen molar-refractivity contribution >= 4 is 0 Å². The topological polar surface area (TPSA) is 0 Å². The van der Waals surface area contributed by atoms with Gasteiger partial charge in [0.15, 0.2) is 0 Å². The van der Waals surface area contributed by atoms with Crippen LogP contribution >= 0.6 is 0 Å². The van der Waals surface area contributed by atoms with Crippen LogP contribution in [0.5, 0.6) is 0 Å². The van der Waals surface area contributed by atoms with E-state index in [0.717, 1.165) is 12.8 Å². The molecule has 0 fully saturated rings. The fourth-order valence-electron chi connectivity index (χ4n) is 2.19. The van der Waals surface area contributed by atoms with Crippen LogP contribution in [0.1, 0.15) is 83.5 Å². The van der Waals surface area contributed by atoms with Gasteiger partial charge >= 0.3 is 0 Å². The summed E-state index contributed by atoms with van der Waals surface area (Å²) in [5.41, 5.74) is 0.468. The van der Waals surface area contributed by atoms with Crippen LogP contribution in [-0.4, -0.2) is 0 Å². The number of benzene rings is 1. The Labute approximate surface area is 121 Å². The van der Waals surface area contributed by atoms with E-state index in [1.54, 1.807) is 0 Å². The molecule has 0 unspecified atom stereocenters. The first-order valence-corrected chi connectivity index (χ1v) is 7.56. The summed E-state index contributed by atoms with van der Waals surface area (Å²) in [5.74, 6) is 0. The molecule has 0 N–H and O–H groups in total. The van der Waals surface area contributed by atoms with Crippen molar-refractivity contribution in [3.63, 3.8) is 0 Å². The van der Waals surface area contributed by atoms with Crippen molar-refractivity contribution in [1.82, 2.24) is 0 Å².